The lowest BCUT2D eigenvalue weighted by molar-refractivity contribution is -0.133. The van der Waals surface area contributed by atoms with Crippen LogP contribution in [-0.2, 0) is 9.59 Å². The monoisotopic (exact) mass is 469 g/mol. The molecule has 1 aliphatic rings. The molecule has 0 unspecified atom stereocenters. The van der Waals surface area contributed by atoms with Gasteiger partial charge in [0.05, 0.1) is 5.69 Å². The van der Waals surface area contributed by atoms with Crippen LogP contribution in [0.4, 0.5) is 27.5 Å². The van der Waals surface area contributed by atoms with Crippen molar-refractivity contribution < 1.29 is 14.0 Å². The van der Waals surface area contributed by atoms with Gasteiger partial charge in [0.2, 0.25) is 17.8 Å². The van der Waals surface area contributed by atoms with Crippen LogP contribution in [0.3, 0.4) is 0 Å². The summed E-state index contributed by atoms with van der Waals surface area (Å²) in [4.78, 5) is 35.2. The molecule has 0 bridgehead atoms. The molecule has 152 valence electrons. The number of carbonyl (C=O) groups is 2. The number of rotatable bonds is 6. The van der Waals surface area contributed by atoms with Gasteiger partial charge in [-0.05, 0) is 61.4 Å². The van der Waals surface area contributed by atoms with Crippen molar-refractivity contribution >= 4 is 50.9 Å². The molecule has 4 rings (SSSR count). The lowest BCUT2D eigenvalue weighted by Gasteiger charge is -2.25. The fourth-order valence-electron chi connectivity index (χ4n) is 3.04. The lowest BCUT2D eigenvalue weighted by atomic mass is 10.0. The zero-order valence-corrected chi connectivity index (χ0v) is 17.3. The summed E-state index contributed by atoms with van der Waals surface area (Å²) in [5.74, 6) is -1.10. The second kappa shape index (κ2) is 7.83. The second-order valence-electron chi connectivity index (χ2n) is 6.93. The Morgan fingerprint density at radius 3 is 2.33 bits per heavy atom. The zero-order chi connectivity index (χ0) is 21.3. The van der Waals surface area contributed by atoms with E-state index < -0.39 is 23.0 Å². The van der Waals surface area contributed by atoms with Gasteiger partial charge in [0.15, 0.2) is 0 Å². The molecule has 3 N–H and O–H groups in total. The van der Waals surface area contributed by atoms with Gasteiger partial charge in [-0.3, -0.25) is 14.5 Å². The van der Waals surface area contributed by atoms with Crippen LogP contribution in [0.1, 0.15) is 12.8 Å². The Labute approximate surface area is 180 Å². The first-order valence-corrected chi connectivity index (χ1v) is 9.94. The van der Waals surface area contributed by atoms with Crippen LogP contribution in [0.5, 0.6) is 0 Å². The Bertz CT molecular complexity index is 1100. The van der Waals surface area contributed by atoms with Gasteiger partial charge in [0.25, 0.3) is 0 Å². The van der Waals surface area contributed by atoms with E-state index in [0.29, 0.717) is 18.5 Å². The highest BCUT2D eigenvalue weighted by Gasteiger charge is 2.57. The Morgan fingerprint density at radius 1 is 1.07 bits per heavy atom. The maximum Gasteiger partial charge on any atom is 0.248 e. The first-order valence-electron chi connectivity index (χ1n) is 9.15. The van der Waals surface area contributed by atoms with Crippen molar-refractivity contribution in [3.8, 4) is 0 Å². The maximum absolute atomic E-state index is 13.4. The molecule has 3 aromatic rings. The number of nitrogens with two attached hydrogens (primary N) is 1. The fraction of sp³-hybridized carbons (Fsp3) is 0.143. The number of anilines is 4. The average molecular weight is 470 g/mol. The maximum atomic E-state index is 13.4. The van der Waals surface area contributed by atoms with Gasteiger partial charge in [-0.1, -0.05) is 15.9 Å². The summed E-state index contributed by atoms with van der Waals surface area (Å²) in [6.45, 7) is 0. The molecular formula is C21H17BrFN5O2. The molecule has 30 heavy (non-hydrogen) atoms. The Hall–Kier alpha value is -3.33. The minimum absolute atomic E-state index is 0.244. The number of nitrogens with zero attached hydrogens (tertiary/aromatic N) is 3. The third-order valence-corrected chi connectivity index (χ3v) is 5.42. The van der Waals surface area contributed by atoms with E-state index in [-0.39, 0.29) is 11.8 Å². The number of hydrogen-bond donors (Lipinski definition) is 2. The van der Waals surface area contributed by atoms with Crippen molar-refractivity contribution in [1.29, 1.82) is 0 Å². The summed E-state index contributed by atoms with van der Waals surface area (Å²) in [5, 5.41) is 3.07. The summed E-state index contributed by atoms with van der Waals surface area (Å²) in [5.41, 5.74) is 5.37. The van der Waals surface area contributed by atoms with Gasteiger partial charge in [0, 0.05) is 22.4 Å². The SMILES string of the molecule is NC(=O)C1(C(=O)N(c2ccc(F)cc2)c2ccnc(Nc3ccc(Br)cc3)n2)CC1. The highest BCUT2D eigenvalue weighted by Crippen LogP contribution is 2.48. The van der Waals surface area contributed by atoms with E-state index >= 15 is 0 Å². The van der Waals surface area contributed by atoms with E-state index in [1.807, 2.05) is 24.3 Å². The van der Waals surface area contributed by atoms with E-state index in [2.05, 4.69) is 31.2 Å². The van der Waals surface area contributed by atoms with Crippen LogP contribution in [0.15, 0.2) is 65.3 Å². The van der Waals surface area contributed by atoms with Crippen molar-refractivity contribution in [1.82, 2.24) is 9.97 Å². The largest absolute Gasteiger partial charge is 0.369 e. The number of hydrogen-bond acceptors (Lipinski definition) is 5. The number of amides is 2. The van der Waals surface area contributed by atoms with Crippen LogP contribution < -0.4 is 16.0 Å². The molecular weight excluding hydrogens is 453 g/mol. The molecule has 2 aromatic carbocycles. The molecule has 0 saturated heterocycles. The van der Waals surface area contributed by atoms with Crippen molar-refractivity contribution in [2.24, 2.45) is 11.1 Å². The summed E-state index contributed by atoms with van der Waals surface area (Å²) < 4.78 is 14.4. The minimum Gasteiger partial charge on any atom is -0.369 e. The standard InChI is InChI=1S/C21H17BrFN5O2/c22-13-1-5-15(6-2-13)26-20-25-12-9-17(27-20)28(16-7-3-14(23)4-8-16)19(30)21(10-11-21)18(24)29/h1-9,12H,10-11H2,(H2,24,29)(H,25,26,27). The topological polar surface area (TPSA) is 101 Å². The fourth-order valence-corrected chi connectivity index (χ4v) is 3.31. The van der Waals surface area contributed by atoms with Gasteiger partial charge in [-0.2, -0.15) is 4.98 Å². The van der Waals surface area contributed by atoms with E-state index in [1.165, 1.54) is 35.4 Å². The molecule has 9 heteroatoms. The van der Waals surface area contributed by atoms with Crippen LogP contribution in [0, 0.1) is 11.2 Å². The molecule has 2 amide bonds. The van der Waals surface area contributed by atoms with Gasteiger partial charge in [-0.15, -0.1) is 0 Å². The Morgan fingerprint density at radius 2 is 1.73 bits per heavy atom. The van der Waals surface area contributed by atoms with Crippen molar-refractivity contribution in [2.45, 2.75) is 12.8 Å². The van der Waals surface area contributed by atoms with Crippen molar-refractivity contribution in [3.05, 3.63) is 71.1 Å². The van der Waals surface area contributed by atoms with Gasteiger partial charge < -0.3 is 11.1 Å². The third kappa shape index (κ3) is 3.88. The molecule has 1 fully saturated rings. The number of halogens is 2. The molecule has 7 nitrogen and oxygen atoms in total. The third-order valence-electron chi connectivity index (χ3n) is 4.89. The van der Waals surface area contributed by atoms with Crippen molar-refractivity contribution in [3.63, 3.8) is 0 Å². The van der Waals surface area contributed by atoms with Crippen LogP contribution >= 0.6 is 15.9 Å². The van der Waals surface area contributed by atoms with E-state index in [0.717, 1.165) is 10.2 Å². The van der Waals surface area contributed by atoms with E-state index in [9.17, 15) is 14.0 Å². The Kier molecular flexibility index (Phi) is 5.21. The van der Waals surface area contributed by atoms with E-state index in [4.69, 9.17) is 5.73 Å². The number of aromatic nitrogens is 2. The smallest absolute Gasteiger partial charge is 0.248 e. The van der Waals surface area contributed by atoms with Crippen LogP contribution in [-0.4, -0.2) is 21.8 Å². The van der Waals surface area contributed by atoms with Crippen LogP contribution in [0.2, 0.25) is 0 Å². The molecule has 1 saturated carbocycles. The van der Waals surface area contributed by atoms with Gasteiger partial charge in [-0.25, -0.2) is 9.37 Å². The van der Waals surface area contributed by atoms with Gasteiger partial charge >= 0.3 is 0 Å². The van der Waals surface area contributed by atoms with Crippen LogP contribution in [0.25, 0.3) is 0 Å². The van der Waals surface area contributed by atoms with E-state index in [1.54, 1.807) is 6.07 Å². The number of carbonyl (C=O) groups excluding carboxylic acids is 2. The predicted molar refractivity (Wildman–Crippen MR) is 114 cm³/mol. The molecule has 0 radical (unpaired) electrons. The first-order chi connectivity index (χ1) is 14.4. The highest BCUT2D eigenvalue weighted by atomic mass is 79.9. The normalized spacial score (nSPS) is 14.1. The zero-order valence-electron chi connectivity index (χ0n) is 15.7. The van der Waals surface area contributed by atoms with Gasteiger partial charge in [0.1, 0.15) is 17.1 Å². The molecule has 0 aliphatic heterocycles. The first kappa shape index (κ1) is 20.0. The number of nitrogens with one attached hydrogen (secondary N) is 1. The summed E-state index contributed by atoms with van der Waals surface area (Å²) >= 11 is 3.38. The highest BCUT2D eigenvalue weighted by molar-refractivity contribution is 9.10. The second-order valence-corrected chi connectivity index (χ2v) is 7.85. The lowest BCUT2D eigenvalue weighted by Crippen LogP contribution is -2.41. The quantitative estimate of drug-likeness (QED) is 0.530. The molecule has 1 aromatic heterocycles. The molecule has 1 aliphatic carbocycles. The summed E-state index contributed by atoms with van der Waals surface area (Å²) in [6.07, 6.45) is 2.24. The molecule has 1 heterocycles. The number of primary amides is 1. The summed E-state index contributed by atoms with van der Waals surface area (Å²) in [6, 6.07) is 14.3. The molecule has 0 atom stereocenters. The average Bonchev–Trinajstić information content (AvgIpc) is 3.54. The summed E-state index contributed by atoms with van der Waals surface area (Å²) in [7, 11) is 0. The Balaban J connectivity index is 1.72. The number of benzene rings is 2. The predicted octanol–water partition coefficient (Wildman–Crippen LogP) is 4.05. The molecule has 0 spiro atoms. The van der Waals surface area contributed by atoms with Crippen molar-refractivity contribution in [2.75, 3.05) is 10.2 Å². The minimum atomic E-state index is -1.27.